The van der Waals surface area contributed by atoms with Gasteiger partial charge in [0.2, 0.25) is 0 Å². The molecule has 0 heterocycles. The van der Waals surface area contributed by atoms with Crippen molar-refractivity contribution in [2.45, 2.75) is 12.8 Å². The zero-order valence-corrected chi connectivity index (χ0v) is 7.59. The number of hydrogen-bond donors (Lipinski definition) is 4. The minimum atomic E-state index is -1.26. The van der Waals surface area contributed by atoms with Crippen LogP contribution in [0.15, 0.2) is 12.2 Å². The lowest BCUT2D eigenvalue weighted by molar-refractivity contribution is -0.134. The van der Waals surface area contributed by atoms with Gasteiger partial charge in [-0.25, -0.2) is 9.59 Å². The molecule has 0 aliphatic carbocycles. The third-order valence-electron chi connectivity index (χ3n) is 0.935. The molecule has 6 nitrogen and oxygen atoms in total. The van der Waals surface area contributed by atoms with Crippen molar-refractivity contribution >= 4 is 11.9 Å². The summed E-state index contributed by atoms with van der Waals surface area (Å²) in [4.78, 5) is 19.1. The van der Waals surface area contributed by atoms with E-state index in [-0.39, 0.29) is 13.2 Å². The summed E-state index contributed by atoms with van der Waals surface area (Å²) in [5, 5.41) is 31.8. The fourth-order valence-electron chi connectivity index (χ4n) is 0.366. The van der Waals surface area contributed by atoms with Gasteiger partial charge in [-0.05, 0) is 12.8 Å². The van der Waals surface area contributed by atoms with Crippen LogP contribution in [-0.4, -0.2) is 45.6 Å². The van der Waals surface area contributed by atoms with Crippen LogP contribution >= 0.6 is 0 Å². The Morgan fingerprint density at radius 2 is 1.14 bits per heavy atom. The summed E-state index contributed by atoms with van der Waals surface area (Å²) in [6.07, 6.45) is 2.55. The summed E-state index contributed by atoms with van der Waals surface area (Å²) in [6.45, 7) is 0.390. The molecule has 0 spiro atoms. The Morgan fingerprint density at radius 1 is 0.857 bits per heavy atom. The first-order valence-corrected chi connectivity index (χ1v) is 3.90. The molecule has 0 rings (SSSR count). The van der Waals surface area contributed by atoms with Crippen molar-refractivity contribution in [1.29, 1.82) is 0 Å². The van der Waals surface area contributed by atoms with Crippen LogP contribution in [0, 0.1) is 0 Å². The van der Waals surface area contributed by atoms with Crippen LogP contribution in [-0.2, 0) is 9.59 Å². The van der Waals surface area contributed by atoms with E-state index in [9.17, 15) is 9.59 Å². The Kier molecular flexibility index (Phi) is 12.5. The number of rotatable bonds is 5. The Hall–Kier alpha value is -1.40. The number of hydrogen-bond acceptors (Lipinski definition) is 4. The molecular weight excluding hydrogens is 192 g/mol. The Labute approximate surface area is 81.1 Å². The second kappa shape index (κ2) is 11.6. The second-order valence-electron chi connectivity index (χ2n) is 2.16. The number of unbranched alkanes of at least 4 members (excludes halogenated alkanes) is 1. The number of aliphatic hydroxyl groups excluding tert-OH is 2. The first-order chi connectivity index (χ1) is 6.54. The molecule has 0 radical (unpaired) electrons. The van der Waals surface area contributed by atoms with Gasteiger partial charge in [0.1, 0.15) is 0 Å². The van der Waals surface area contributed by atoms with E-state index in [1.54, 1.807) is 0 Å². The molecule has 14 heavy (non-hydrogen) atoms. The van der Waals surface area contributed by atoms with E-state index in [0.29, 0.717) is 12.2 Å². The number of aliphatic carboxylic acids is 2. The van der Waals surface area contributed by atoms with E-state index in [0.717, 1.165) is 12.8 Å². The average Bonchev–Trinajstić information content (AvgIpc) is 2.12. The van der Waals surface area contributed by atoms with Crippen molar-refractivity contribution in [3.05, 3.63) is 12.2 Å². The molecule has 0 saturated heterocycles. The largest absolute Gasteiger partial charge is 0.478 e. The van der Waals surface area contributed by atoms with Crippen molar-refractivity contribution in [2.24, 2.45) is 0 Å². The lowest BCUT2D eigenvalue weighted by Gasteiger charge is -1.85. The lowest BCUT2D eigenvalue weighted by atomic mass is 10.3. The smallest absolute Gasteiger partial charge is 0.328 e. The van der Waals surface area contributed by atoms with Crippen LogP contribution in [0.25, 0.3) is 0 Å². The van der Waals surface area contributed by atoms with Crippen molar-refractivity contribution in [2.75, 3.05) is 13.2 Å². The van der Waals surface area contributed by atoms with Gasteiger partial charge in [0.15, 0.2) is 0 Å². The molecule has 82 valence electrons. The van der Waals surface area contributed by atoms with Crippen LogP contribution in [0.4, 0.5) is 0 Å². The van der Waals surface area contributed by atoms with Crippen LogP contribution in [0.2, 0.25) is 0 Å². The normalized spacial score (nSPS) is 9.29. The predicted octanol–water partition coefficient (Wildman–Crippen LogP) is -0.537. The summed E-state index contributed by atoms with van der Waals surface area (Å²) in [5.74, 6) is -2.51. The third-order valence-corrected chi connectivity index (χ3v) is 0.935. The van der Waals surface area contributed by atoms with Crippen molar-refractivity contribution in [3.63, 3.8) is 0 Å². The number of carboxylic acid groups (broad SMARTS) is 2. The summed E-state index contributed by atoms with van der Waals surface area (Å²) < 4.78 is 0. The maximum atomic E-state index is 9.55. The number of aliphatic hydroxyl groups is 2. The van der Waals surface area contributed by atoms with Crippen molar-refractivity contribution in [1.82, 2.24) is 0 Å². The van der Waals surface area contributed by atoms with E-state index in [1.807, 2.05) is 0 Å². The van der Waals surface area contributed by atoms with E-state index in [4.69, 9.17) is 20.4 Å². The second-order valence-corrected chi connectivity index (χ2v) is 2.16. The summed E-state index contributed by atoms with van der Waals surface area (Å²) in [6, 6.07) is 0. The first kappa shape index (κ1) is 15.1. The Morgan fingerprint density at radius 3 is 1.29 bits per heavy atom. The molecule has 0 aromatic carbocycles. The quantitative estimate of drug-likeness (QED) is 0.355. The summed E-state index contributed by atoms with van der Waals surface area (Å²) in [5.41, 5.74) is 0. The van der Waals surface area contributed by atoms with E-state index in [2.05, 4.69) is 0 Å². The van der Waals surface area contributed by atoms with Gasteiger partial charge in [-0.3, -0.25) is 0 Å². The van der Waals surface area contributed by atoms with E-state index >= 15 is 0 Å². The van der Waals surface area contributed by atoms with Crippen LogP contribution < -0.4 is 0 Å². The first-order valence-electron chi connectivity index (χ1n) is 3.90. The fraction of sp³-hybridized carbons (Fsp3) is 0.500. The van der Waals surface area contributed by atoms with Gasteiger partial charge >= 0.3 is 11.9 Å². The minimum absolute atomic E-state index is 0.195. The molecule has 0 bridgehead atoms. The molecule has 0 saturated carbocycles. The third kappa shape index (κ3) is 22.4. The molecule has 0 aromatic rings. The predicted molar refractivity (Wildman–Crippen MR) is 47.8 cm³/mol. The molecule has 0 aromatic heterocycles. The highest BCUT2D eigenvalue weighted by molar-refractivity contribution is 5.89. The number of carboxylic acids is 2. The highest BCUT2D eigenvalue weighted by Crippen LogP contribution is 1.80. The summed E-state index contributed by atoms with van der Waals surface area (Å²) >= 11 is 0. The molecule has 0 amide bonds. The van der Waals surface area contributed by atoms with E-state index < -0.39 is 11.9 Å². The lowest BCUT2D eigenvalue weighted by Crippen LogP contribution is -1.91. The minimum Gasteiger partial charge on any atom is -0.478 e. The van der Waals surface area contributed by atoms with Gasteiger partial charge in [0, 0.05) is 25.4 Å². The maximum Gasteiger partial charge on any atom is 0.328 e. The van der Waals surface area contributed by atoms with Gasteiger partial charge < -0.3 is 20.4 Å². The van der Waals surface area contributed by atoms with Crippen LogP contribution in [0.1, 0.15) is 12.8 Å². The van der Waals surface area contributed by atoms with Crippen molar-refractivity contribution in [3.8, 4) is 0 Å². The standard InChI is InChI=1S/C4H4O4.C4H10O2/c5-3(6)1-2-4(7)8;5-3-1-2-4-6/h1-2H,(H,5,6)(H,7,8);5-6H,1-4H2/b2-1+;. The van der Waals surface area contributed by atoms with Crippen molar-refractivity contribution < 1.29 is 30.0 Å². The molecule has 0 fully saturated rings. The topological polar surface area (TPSA) is 115 Å². The fourth-order valence-corrected chi connectivity index (χ4v) is 0.366. The van der Waals surface area contributed by atoms with Gasteiger partial charge in [0.25, 0.3) is 0 Å². The zero-order valence-electron chi connectivity index (χ0n) is 7.59. The van der Waals surface area contributed by atoms with Gasteiger partial charge in [-0.15, -0.1) is 0 Å². The molecular formula is C8H14O6. The average molecular weight is 206 g/mol. The summed E-state index contributed by atoms with van der Waals surface area (Å²) in [7, 11) is 0. The molecule has 0 unspecified atom stereocenters. The van der Waals surface area contributed by atoms with Crippen LogP contribution in [0.3, 0.4) is 0 Å². The number of carbonyl (C=O) groups is 2. The Balaban J connectivity index is 0. The molecule has 0 aliphatic heterocycles. The monoisotopic (exact) mass is 206 g/mol. The maximum absolute atomic E-state index is 9.55. The molecule has 0 aliphatic rings. The van der Waals surface area contributed by atoms with Gasteiger partial charge in [0.05, 0.1) is 0 Å². The highest BCUT2D eigenvalue weighted by Gasteiger charge is 1.88. The van der Waals surface area contributed by atoms with Gasteiger partial charge in [-0.1, -0.05) is 0 Å². The SMILES string of the molecule is O=C(O)/C=C/C(=O)O.OCCCCO. The highest BCUT2D eigenvalue weighted by atomic mass is 16.4. The Bertz CT molecular complexity index is 166. The molecule has 4 N–H and O–H groups in total. The molecule has 6 heteroatoms. The zero-order chi connectivity index (χ0) is 11.4. The van der Waals surface area contributed by atoms with E-state index in [1.165, 1.54) is 0 Å². The van der Waals surface area contributed by atoms with Gasteiger partial charge in [-0.2, -0.15) is 0 Å². The van der Waals surface area contributed by atoms with Crippen LogP contribution in [0.5, 0.6) is 0 Å². The molecule has 0 atom stereocenters.